The first-order valence-corrected chi connectivity index (χ1v) is 5.45. The largest absolute Gasteiger partial charge is 0.294 e. The third-order valence-corrected chi connectivity index (χ3v) is 2.58. The SMILES string of the molecule is CCCC/C=N/C1CCCCC1. The van der Waals surface area contributed by atoms with E-state index in [-0.39, 0.29) is 0 Å². The number of unbranched alkanes of at least 4 members (excludes halogenated alkanes) is 2. The predicted molar refractivity (Wildman–Crippen MR) is 54.9 cm³/mol. The first-order valence-electron chi connectivity index (χ1n) is 5.45. The summed E-state index contributed by atoms with van der Waals surface area (Å²) < 4.78 is 0. The van der Waals surface area contributed by atoms with Crippen LogP contribution in [0.25, 0.3) is 0 Å². The van der Waals surface area contributed by atoms with Crippen molar-refractivity contribution in [2.45, 2.75) is 64.3 Å². The predicted octanol–water partition coefficient (Wildman–Crippen LogP) is 3.58. The summed E-state index contributed by atoms with van der Waals surface area (Å²) in [6.07, 6.45) is 12.8. The van der Waals surface area contributed by atoms with Crippen LogP contribution in [0.1, 0.15) is 58.3 Å². The quantitative estimate of drug-likeness (QED) is 0.448. The summed E-state index contributed by atoms with van der Waals surface area (Å²) in [6, 6.07) is 0.676. The van der Waals surface area contributed by atoms with Crippen LogP contribution in [-0.4, -0.2) is 12.3 Å². The zero-order valence-corrected chi connectivity index (χ0v) is 8.26. The zero-order chi connectivity index (χ0) is 8.65. The molecule has 0 N–H and O–H groups in total. The maximum absolute atomic E-state index is 4.60. The molecule has 1 fully saturated rings. The van der Waals surface area contributed by atoms with E-state index in [0.29, 0.717) is 6.04 Å². The minimum atomic E-state index is 0.676. The fourth-order valence-electron chi connectivity index (χ4n) is 1.75. The third kappa shape index (κ3) is 3.89. The number of hydrogen-bond donors (Lipinski definition) is 0. The van der Waals surface area contributed by atoms with Gasteiger partial charge >= 0.3 is 0 Å². The molecule has 0 bridgehead atoms. The lowest BCUT2D eigenvalue weighted by molar-refractivity contribution is 0.444. The lowest BCUT2D eigenvalue weighted by Gasteiger charge is -2.16. The molecule has 0 heterocycles. The molecule has 0 aromatic rings. The average Bonchev–Trinajstić information content (AvgIpc) is 2.14. The number of aliphatic imine (C=N–C) groups is 1. The second-order valence-corrected chi connectivity index (χ2v) is 3.77. The number of hydrogen-bond acceptors (Lipinski definition) is 1. The Morgan fingerprint density at radius 2 is 2.00 bits per heavy atom. The van der Waals surface area contributed by atoms with E-state index >= 15 is 0 Å². The highest BCUT2D eigenvalue weighted by molar-refractivity contribution is 5.57. The van der Waals surface area contributed by atoms with Gasteiger partial charge in [-0.3, -0.25) is 4.99 Å². The Labute approximate surface area is 76.3 Å². The summed E-state index contributed by atoms with van der Waals surface area (Å²) in [4.78, 5) is 4.60. The molecule has 0 amide bonds. The van der Waals surface area contributed by atoms with Crippen LogP contribution in [0.5, 0.6) is 0 Å². The maximum Gasteiger partial charge on any atom is 0.0495 e. The normalized spacial score (nSPS) is 20.4. The van der Waals surface area contributed by atoms with Crippen LogP contribution in [0, 0.1) is 0 Å². The molecule has 0 atom stereocenters. The Morgan fingerprint density at radius 3 is 2.67 bits per heavy atom. The van der Waals surface area contributed by atoms with Gasteiger partial charge in [-0.15, -0.1) is 0 Å². The summed E-state index contributed by atoms with van der Waals surface area (Å²) in [6.45, 7) is 2.23. The summed E-state index contributed by atoms with van der Waals surface area (Å²) in [7, 11) is 0. The molecular formula is C11H21N. The van der Waals surface area contributed by atoms with Crippen LogP contribution in [-0.2, 0) is 0 Å². The molecule has 70 valence electrons. The summed E-state index contributed by atoms with van der Waals surface area (Å²) in [5, 5.41) is 0. The van der Waals surface area contributed by atoms with Crippen LogP contribution < -0.4 is 0 Å². The second kappa shape index (κ2) is 6.22. The van der Waals surface area contributed by atoms with Crippen molar-refractivity contribution < 1.29 is 0 Å². The van der Waals surface area contributed by atoms with Crippen molar-refractivity contribution in [1.29, 1.82) is 0 Å². The third-order valence-electron chi connectivity index (χ3n) is 2.58. The Balaban J connectivity index is 2.07. The molecule has 0 unspecified atom stereocenters. The highest BCUT2D eigenvalue weighted by Crippen LogP contribution is 2.19. The average molecular weight is 167 g/mol. The molecule has 0 spiro atoms. The van der Waals surface area contributed by atoms with E-state index < -0.39 is 0 Å². The van der Waals surface area contributed by atoms with Crippen molar-refractivity contribution >= 4 is 6.21 Å². The molecule has 0 radical (unpaired) electrons. The molecule has 1 saturated carbocycles. The van der Waals surface area contributed by atoms with E-state index in [0.717, 1.165) is 0 Å². The smallest absolute Gasteiger partial charge is 0.0495 e. The standard InChI is InChI=1S/C11H21N/c1-2-3-7-10-12-11-8-5-4-6-9-11/h10-11H,2-9H2,1H3/b12-10+. The van der Waals surface area contributed by atoms with E-state index in [4.69, 9.17) is 0 Å². The number of nitrogens with zero attached hydrogens (tertiary/aromatic N) is 1. The topological polar surface area (TPSA) is 12.4 Å². The van der Waals surface area contributed by atoms with Gasteiger partial charge in [0.1, 0.15) is 0 Å². The minimum Gasteiger partial charge on any atom is -0.294 e. The van der Waals surface area contributed by atoms with Gasteiger partial charge in [-0.1, -0.05) is 32.6 Å². The van der Waals surface area contributed by atoms with Crippen molar-refractivity contribution in [2.75, 3.05) is 0 Å². The van der Waals surface area contributed by atoms with E-state index in [9.17, 15) is 0 Å². The van der Waals surface area contributed by atoms with Gasteiger partial charge in [0.2, 0.25) is 0 Å². The Morgan fingerprint density at radius 1 is 1.25 bits per heavy atom. The lowest BCUT2D eigenvalue weighted by Crippen LogP contribution is -2.09. The van der Waals surface area contributed by atoms with Gasteiger partial charge in [-0.05, 0) is 31.9 Å². The fraction of sp³-hybridized carbons (Fsp3) is 0.909. The minimum absolute atomic E-state index is 0.676. The summed E-state index contributed by atoms with van der Waals surface area (Å²) in [5.41, 5.74) is 0. The summed E-state index contributed by atoms with van der Waals surface area (Å²) >= 11 is 0. The fourth-order valence-corrected chi connectivity index (χ4v) is 1.75. The van der Waals surface area contributed by atoms with Crippen LogP contribution in [0.4, 0.5) is 0 Å². The molecule has 1 aliphatic rings. The van der Waals surface area contributed by atoms with Crippen LogP contribution in [0.15, 0.2) is 4.99 Å². The van der Waals surface area contributed by atoms with Crippen molar-refractivity contribution in [3.05, 3.63) is 0 Å². The highest BCUT2D eigenvalue weighted by atomic mass is 14.8. The van der Waals surface area contributed by atoms with Gasteiger partial charge in [0.25, 0.3) is 0 Å². The second-order valence-electron chi connectivity index (χ2n) is 3.77. The van der Waals surface area contributed by atoms with Gasteiger partial charge in [-0.2, -0.15) is 0 Å². The first kappa shape index (κ1) is 9.76. The van der Waals surface area contributed by atoms with Crippen molar-refractivity contribution in [1.82, 2.24) is 0 Å². The number of rotatable bonds is 4. The van der Waals surface area contributed by atoms with Gasteiger partial charge < -0.3 is 0 Å². The highest BCUT2D eigenvalue weighted by Gasteiger charge is 2.10. The Hall–Kier alpha value is -0.330. The zero-order valence-electron chi connectivity index (χ0n) is 8.26. The van der Waals surface area contributed by atoms with Crippen molar-refractivity contribution in [2.24, 2.45) is 4.99 Å². The van der Waals surface area contributed by atoms with Crippen molar-refractivity contribution in [3.8, 4) is 0 Å². The molecule has 1 heteroatoms. The van der Waals surface area contributed by atoms with E-state index in [1.165, 1.54) is 51.4 Å². The molecular weight excluding hydrogens is 146 g/mol. The molecule has 1 aliphatic carbocycles. The van der Waals surface area contributed by atoms with Crippen molar-refractivity contribution in [3.63, 3.8) is 0 Å². The molecule has 0 saturated heterocycles. The van der Waals surface area contributed by atoms with Gasteiger partial charge in [0.15, 0.2) is 0 Å². The summed E-state index contributed by atoms with van der Waals surface area (Å²) in [5.74, 6) is 0. The van der Waals surface area contributed by atoms with Crippen LogP contribution in [0.3, 0.4) is 0 Å². The molecule has 0 aliphatic heterocycles. The molecule has 1 rings (SSSR count). The van der Waals surface area contributed by atoms with E-state index in [1.807, 2.05) is 0 Å². The maximum atomic E-state index is 4.60. The van der Waals surface area contributed by atoms with Gasteiger partial charge in [0.05, 0.1) is 0 Å². The van der Waals surface area contributed by atoms with E-state index in [2.05, 4.69) is 18.1 Å². The van der Waals surface area contributed by atoms with Crippen LogP contribution in [0.2, 0.25) is 0 Å². The molecule has 0 aromatic carbocycles. The lowest BCUT2D eigenvalue weighted by atomic mass is 9.96. The van der Waals surface area contributed by atoms with Gasteiger partial charge in [-0.25, -0.2) is 0 Å². The Bertz CT molecular complexity index is 123. The monoisotopic (exact) mass is 167 g/mol. The first-order chi connectivity index (χ1) is 5.93. The van der Waals surface area contributed by atoms with Gasteiger partial charge in [0, 0.05) is 6.04 Å². The molecule has 0 aromatic heterocycles. The van der Waals surface area contributed by atoms with E-state index in [1.54, 1.807) is 0 Å². The molecule has 1 nitrogen and oxygen atoms in total. The van der Waals surface area contributed by atoms with Crippen LogP contribution >= 0.6 is 0 Å². The molecule has 12 heavy (non-hydrogen) atoms. The Kier molecular flexibility index (Phi) is 5.05.